The highest BCUT2D eigenvalue weighted by atomic mass is 35.5. The maximum atomic E-state index is 12.9. The summed E-state index contributed by atoms with van der Waals surface area (Å²) in [5, 5.41) is 3.35. The van der Waals surface area contributed by atoms with Crippen molar-refractivity contribution in [1.29, 1.82) is 0 Å². The molecule has 0 aliphatic carbocycles. The molecule has 0 aromatic heterocycles. The normalized spacial score (nSPS) is 14.6. The van der Waals surface area contributed by atoms with Gasteiger partial charge in [0.1, 0.15) is 4.32 Å². The van der Waals surface area contributed by atoms with Gasteiger partial charge in [-0.25, -0.2) is 0 Å². The van der Waals surface area contributed by atoms with E-state index >= 15 is 0 Å². The Morgan fingerprint density at radius 3 is 2.31 bits per heavy atom. The zero-order valence-electron chi connectivity index (χ0n) is 17.6. The SMILES string of the molecule is COc1cc(/C=C2/SC(=S)N(CCC(=O)Nc3ccc(Cl)cc3)C2=O)cc(OC)c1OC. The van der Waals surface area contributed by atoms with E-state index in [1.54, 1.807) is 42.5 Å². The summed E-state index contributed by atoms with van der Waals surface area (Å²) in [4.78, 5) is 27.0. The third kappa shape index (κ3) is 5.53. The number of anilines is 1. The maximum absolute atomic E-state index is 12.9. The molecule has 1 heterocycles. The van der Waals surface area contributed by atoms with Crippen molar-refractivity contribution in [2.75, 3.05) is 33.2 Å². The van der Waals surface area contributed by atoms with Gasteiger partial charge in [-0.2, -0.15) is 0 Å². The van der Waals surface area contributed by atoms with Crippen LogP contribution in [0.15, 0.2) is 41.3 Å². The summed E-state index contributed by atoms with van der Waals surface area (Å²) >= 11 is 12.4. The van der Waals surface area contributed by atoms with E-state index in [0.717, 1.165) is 0 Å². The van der Waals surface area contributed by atoms with E-state index < -0.39 is 0 Å². The van der Waals surface area contributed by atoms with E-state index in [4.69, 9.17) is 38.0 Å². The van der Waals surface area contributed by atoms with E-state index in [9.17, 15) is 9.59 Å². The van der Waals surface area contributed by atoms with E-state index in [-0.39, 0.29) is 24.8 Å². The van der Waals surface area contributed by atoms with Crippen LogP contribution in [0.25, 0.3) is 6.08 Å². The number of carbonyl (C=O) groups is 2. The number of methoxy groups -OCH3 is 3. The summed E-state index contributed by atoms with van der Waals surface area (Å²) < 4.78 is 16.4. The molecule has 0 bridgehead atoms. The molecule has 32 heavy (non-hydrogen) atoms. The number of amides is 2. The summed E-state index contributed by atoms with van der Waals surface area (Å²) in [6.07, 6.45) is 1.81. The van der Waals surface area contributed by atoms with Crippen LogP contribution in [0.3, 0.4) is 0 Å². The molecule has 168 valence electrons. The van der Waals surface area contributed by atoms with Crippen LogP contribution < -0.4 is 19.5 Å². The van der Waals surface area contributed by atoms with Crippen LogP contribution in [0.2, 0.25) is 5.02 Å². The van der Waals surface area contributed by atoms with Gasteiger partial charge in [-0.3, -0.25) is 14.5 Å². The van der Waals surface area contributed by atoms with Crippen LogP contribution in [0.5, 0.6) is 17.2 Å². The summed E-state index contributed by atoms with van der Waals surface area (Å²) in [6, 6.07) is 10.3. The minimum atomic E-state index is -0.256. The van der Waals surface area contributed by atoms with E-state index in [1.165, 1.54) is 38.0 Å². The highest BCUT2D eigenvalue weighted by Crippen LogP contribution is 2.40. The Balaban J connectivity index is 1.69. The second-order valence-electron chi connectivity index (χ2n) is 6.60. The highest BCUT2D eigenvalue weighted by molar-refractivity contribution is 8.26. The number of rotatable bonds is 8. The third-order valence-corrected chi connectivity index (χ3v) is 6.18. The minimum Gasteiger partial charge on any atom is -0.493 e. The Labute approximate surface area is 200 Å². The molecule has 2 aromatic rings. The molecule has 2 aromatic carbocycles. The molecular formula is C22H21ClN2O5S2. The molecule has 3 rings (SSSR count). The Kier molecular flexibility index (Phi) is 8.00. The van der Waals surface area contributed by atoms with Gasteiger partial charge < -0.3 is 19.5 Å². The van der Waals surface area contributed by atoms with Crippen LogP contribution in [0.4, 0.5) is 5.69 Å². The van der Waals surface area contributed by atoms with E-state index in [2.05, 4.69) is 5.32 Å². The smallest absolute Gasteiger partial charge is 0.266 e. The van der Waals surface area contributed by atoms with Crippen LogP contribution in [0, 0.1) is 0 Å². The second-order valence-corrected chi connectivity index (χ2v) is 8.71. The number of thiocarbonyl (C=S) groups is 1. The molecule has 1 saturated heterocycles. The monoisotopic (exact) mass is 492 g/mol. The Bertz CT molecular complexity index is 1050. The van der Waals surface area contributed by atoms with Gasteiger partial charge in [-0.15, -0.1) is 0 Å². The predicted octanol–water partition coefficient (Wildman–Crippen LogP) is 4.60. The number of hydrogen-bond acceptors (Lipinski definition) is 7. The fourth-order valence-electron chi connectivity index (χ4n) is 3.00. The van der Waals surface area contributed by atoms with Crippen molar-refractivity contribution < 1.29 is 23.8 Å². The number of halogens is 1. The largest absolute Gasteiger partial charge is 0.493 e. The van der Waals surface area contributed by atoms with Crippen molar-refractivity contribution in [1.82, 2.24) is 4.90 Å². The lowest BCUT2D eigenvalue weighted by Gasteiger charge is -2.14. The quantitative estimate of drug-likeness (QED) is 0.426. The van der Waals surface area contributed by atoms with Gasteiger partial charge in [0.25, 0.3) is 5.91 Å². The number of ether oxygens (including phenoxy) is 3. The number of hydrogen-bond donors (Lipinski definition) is 1. The lowest BCUT2D eigenvalue weighted by atomic mass is 10.1. The topological polar surface area (TPSA) is 77.1 Å². The summed E-state index contributed by atoms with van der Waals surface area (Å²) in [7, 11) is 4.57. The van der Waals surface area contributed by atoms with Gasteiger partial charge >= 0.3 is 0 Å². The van der Waals surface area contributed by atoms with Gasteiger partial charge in [-0.1, -0.05) is 35.6 Å². The van der Waals surface area contributed by atoms with Crippen molar-refractivity contribution in [3.63, 3.8) is 0 Å². The molecular weight excluding hydrogens is 472 g/mol. The first-order chi connectivity index (χ1) is 15.4. The molecule has 1 fully saturated rings. The van der Waals surface area contributed by atoms with Crippen molar-refractivity contribution in [2.24, 2.45) is 0 Å². The minimum absolute atomic E-state index is 0.104. The molecule has 1 aliphatic heterocycles. The zero-order valence-corrected chi connectivity index (χ0v) is 20.0. The lowest BCUT2D eigenvalue weighted by molar-refractivity contribution is -0.122. The van der Waals surface area contributed by atoms with Crippen molar-refractivity contribution in [2.45, 2.75) is 6.42 Å². The van der Waals surface area contributed by atoms with Gasteiger partial charge in [0.05, 0.1) is 26.2 Å². The zero-order chi connectivity index (χ0) is 23.3. The number of nitrogens with one attached hydrogen (secondary N) is 1. The summed E-state index contributed by atoms with van der Waals surface area (Å²) in [5.74, 6) is 0.939. The van der Waals surface area contributed by atoms with Crippen molar-refractivity contribution >= 4 is 63.5 Å². The number of thioether (sulfide) groups is 1. The predicted molar refractivity (Wildman–Crippen MR) is 131 cm³/mol. The molecule has 7 nitrogen and oxygen atoms in total. The number of carbonyl (C=O) groups excluding carboxylic acids is 2. The second kappa shape index (κ2) is 10.7. The van der Waals surface area contributed by atoms with Gasteiger partial charge in [0.2, 0.25) is 11.7 Å². The Morgan fingerprint density at radius 2 is 1.75 bits per heavy atom. The molecule has 0 unspecified atom stereocenters. The molecule has 1 aliphatic rings. The number of benzene rings is 2. The molecule has 0 spiro atoms. The summed E-state index contributed by atoms with van der Waals surface area (Å²) in [6.45, 7) is 0.177. The van der Waals surface area contributed by atoms with Crippen LogP contribution in [0.1, 0.15) is 12.0 Å². The third-order valence-electron chi connectivity index (χ3n) is 4.55. The van der Waals surface area contributed by atoms with Gasteiger partial charge in [0, 0.05) is 23.7 Å². The summed E-state index contributed by atoms with van der Waals surface area (Å²) in [5.41, 5.74) is 1.33. The maximum Gasteiger partial charge on any atom is 0.266 e. The van der Waals surface area contributed by atoms with Gasteiger partial charge in [-0.05, 0) is 48.0 Å². The van der Waals surface area contributed by atoms with Crippen LogP contribution in [-0.2, 0) is 9.59 Å². The molecule has 0 radical (unpaired) electrons. The average Bonchev–Trinajstić information content (AvgIpc) is 3.05. The molecule has 2 amide bonds. The van der Waals surface area contributed by atoms with E-state index in [1.807, 2.05) is 0 Å². The fourth-order valence-corrected chi connectivity index (χ4v) is 4.43. The molecule has 0 saturated carbocycles. The first kappa shape index (κ1) is 23.9. The van der Waals surface area contributed by atoms with Crippen LogP contribution >= 0.6 is 35.6 Å². The first-order valence-electron chi connectivity index (χ1n) is 9.47. The van der Waals surface area contributed by atoms with Gasteiger partial charge in [0.15, 0.2) is 11.5 Å². The van der Waals surface area contributed by atoms with Crippen LogP contribution in [-0.4, -0.2) is 48.9 Å². The first-order valence-corrected chi connectivity index (χ1v) is 11.1. The Morgan fingerprint density at radius 1 is 1.12 bits per heavy atom. The fraction of sp³-hybridized carbons (Fsp3) is 0.227. The van der Waals surface area contributed by atoms with Crippen molar-refractivity contribution in [3.8, 4) is 17.2 Å². The Hall–Kier alpha value is -2.75. The number of nitrogens with zero attached hydrogens (tertiary/aromatic N) is 1. The lowest BCUT2D eigenvalue weighted by Crippen LogP contribution is -2.31. The highest BCUT2D eigenvalue weighted by Gasteiger charge is 2.32. The molecule has 0 atom stereocenters. The van der Waals surface area contributed by atoms with Crippen molar-refractivity contribution in [3.05, 3.63) is 51.9 Å². The standard InChI is InChI=1S/C22H21ClN2O5S2/c1-28-16-10-13(11-17(29-2)20(16)30-3)12-18-21(27)25(22(31)32-18)9-8-19(26)24-15-6-4-14(23)5-7-15/h4-7,10-12H,8-9H2,1-3H3,(H,24,26)/b18-12+. The molecule has 1 N–H and O–H groups in total. The molecule has 10 heteroatoms. The average molecular weight is 493 g/mol. The van der Waals surface area contributed by atoms with E-state index in [0.29, 0.717) is 42.7 Å².